The van der Waals surface area contributed by atoms with Crippen LogP contribution in [0.2, 0.25) is 0 Å². The molecule has 4 rings (SSSR count). The van der Waals surface area contributed by atoms with Crippen LogP contribution in [0, 0.1) is 0 Å². The molecule has 1 aromatic heterocycles. The summed E-state index contributed by atoms with van der Waals surface area (Å²) in [6.07, 6.45) is 1.96. The SMILES string of the molecule is CC(C)c1ccc(N2c3nc(N4CCOCC4)ncc3CN2C)c(Br)c1. The van der Waals surface area contributed by atoms with Gasteiger partial charge >= 0.3 is 0 Å². The lowest BCUT2D eigenvalue weighted by molar-refractivity contribution is 0.122. The minimum atomic E-state index is 0.499. The number of fused-ring (bicyclic) bond motifs is 1. The van der Waals surface area contributed by atoms with Gasteiger partial charge in [-0.1, -0.05) is 19.9 Å². The Bertz CT molecular complexity index is 807. The Kier molecular flexibility index (Phi) is 4.86. The quantitative estimate of drug-likeness (QED) is 0.758. The van der Waals surface area contributed by atoms with Crippen molar-refractivity contribution >= 4 is 33.4 Å². The van der Waals surface area contributed by atoms with Crippen molar-refractivity contribution in [2.75, 3.05) is 43.3 Å². The normalized spacial score (nSPS) is 17.9. The minimum absolute atomic E-state index is 0.499. The number of nitrogens with zero attached hydrogens (tertiary/aromatic N) is 5. The molecule has 2 aliphatic heterocycles. The number of hydrogen-bond donors (Lipinski definition) is 0. The fourth-order valence-corrected chi connectivity index (χ4v) is 3.99. The molecule has 0 N–H and O–H groups in total. The van der Waals surface area contributed by atoms with Crippen LogP contribution in [0.25, 0.3) is 0 Å². The number of halogens is 1. The monoisotopic (exact) mass is 417 g/mol. The average molecular weight is 418 g/mol. The molecule has 0 unspecified atom stereocenters. The van der Waals surface area contributed by atoms with Crippen LogP contribution in [0.4, 0.5) is 17.5 Å². The van der Waals surface area contributed by atoms with Crippen molar-refractivity contribution in [1.82, 2.24) is 15.0 Å². The summed E-state index contributed by atoms with van der Waals surface area (Å²) < 4.78 is 6.52. The van der Waals surface area contributed by atoms with Gasteiger partial charge in [0.25, 0.3) is 0 Å². The molecular weight excluding hydrogens is 394 g/mol. The molecule has 2 aromatic rings. The highest BCUT2D eigenvalue weighted by Crippen LogP contribution is 2.40. The molecule has 0 spiro atoms. The van der Waals surface area contributed by atoms with E-state index >= 15 is 0 Å². The van der Waals surface area contributed by atoms with E-state index in [0.29, 0.717) is 5.92 Å². The van der Waals surface area contributed by atoms with E-state index in [1.165, 1.54) is 5.56 Å². The minimum Gasteiger partial charge on any atom is -0.378 e. The highest BCUT2D eigenvalue weighted by Gasteiger charge is 2.30. The summed E-state index contributed by atoms with van der Waals surface area (Å²) in [5.41, 5.74) is 3.56. The van der Waals surface area contributed by atoms with Crippen LogP contribution in [0.5, 0.6) is 0 Å². The fraction of sp³-hybridized carbons (Fsp3) is 0.474. The summed E-state index contributed by atoms with van der Waals surface area (Å²) in [7, 11) is 2.08. The second kappa shape index (κ2) is 7.13. The predicted molar refractivity (Wildman–Crippen MR) is 107 cm³/mol. The van der Waals surface area contributed by atoms with Crippen molar-refractivity contribution in [3.8, 4) is 0 Å². The van der Waals surface area contributed by atoms with Gasteiger partial charge in [-0.25, -0.2) is 9.99 Å². The van der Waals surface area contributed by atoms with Crippen molar-refractivity contribution in [3.05, 3.63) is 40.0 Å². The number of rotatable bonds is 3. The smallest absolute Gasteiger partial charge is 0.227 e. The first kappa shape index (κ1) is 17.7. The standard InChI is InChI=1S/C19H24BrN5O/c1-13(2)14-4-5-17(16(20)10-14)25-18-15(12-23(25)3)11-21-19(22-18)24-6-8-26-9-7-24/h4-5,10-11,13H,6-9,12H2,1-3H3. The van der Waals surface area contributed by atoms with Crippen molar-refractivity contribution in [1.29, 1.82) is 0 Å². The summed E-state index contributed by atoms with van der Waals surface area (Å²) >= 11 is 3.76. The lowest BCUT2D eigenvalue weighted by atomic mass is 10.0. The Hall–Kier alpha value is -1.70. The van der Waals surface area contributed by atoms with E-state index in [1.54, 1.807) is 0 Å². The van der Waals surface area contributed by atoms with Crippen molar-refractivity contribution in [2.24, 2.45) is 0 Å². The molecule has 7 heteroatoms. The van der Waals surface area contributed by atoms with E-state index in [1.807, 2.05) is 6.20 Å². The highest BCUT2D eigenvalue weighted by molar-refractivity contribution is 9.10. The zero-order valence-corrected chi connectivity index (χ0v) is 17.0. The Labute approximate surface area is 162 Å². The summed E-state index contributed by atoms with van der Waals surface area (Å²) in [6.45, 7) is 8.35. The van der Waals surface area contributed by atoms with Crippen molar-refractivity contribution in [3.63, 3.8) is 0 Å². The molecule has 1 saturated heterocycles. The van der Waals surface area contributed by atoms with Crippen LogP contribution in [0.15, 0.2) is 28.9 Å². The topological polar surface area (TPSA) is 44.7 Å². The van der Waals surface area contributed by atoms with Gasteiger partial charge in [-0.2, -0.15) is 4.98 Å². The van der Waals surface area contributed by atoms with Crippen LogP contribution in [-0.2, 0) is 11.3 Å². The molecular formula is C19H24BrN5O. The first-order chi connectivity index (χ1) is 12.5. The van der Waals surface area contributed by atoms with Crippen LogP contribution in [0.3, 0.4) is 0 Å². The van der Waals surface area contributed by atoms with Gasteiger partial charge in [0, 0.05) is 42.9 Å². The second-order valence-electron chi connectivity index (χ2n) is 7.11. The van der Waals surface area contributed by atoms with Gasteiger partial charge < -0.3 is 9.64 Å². The van der Waals surface area contributed by atoms with Gasteiger partial charge in [0.2, 0.25) is 5.95 Å². The molecule has 0 bridgehead atoms. The van der Waals surface area contributed by atoms with Gasteiger partial charge in [0.1, 0.15) is 0 Å². The largest absolute Gasteiger partial charge is 0.378 e. The molecule has 0 aliphatic carbocycles. The lowest BCUT2D eigenvalue weighted by Crippen LogP contribution is -2.37. The van der Waals surface area contributed by atoms with Crippen LogP contribution >= 0.6 is 15.9 Å². The predicted octanol–water partition coefficient (Wildman–Crippen LogP) is 3.70. The molecule has 0 radical (unpaired) electrons. The molecule has 2 aliphatic rings. The zero-order chi connectivity index (χ0) is 18.3. The molecule has 1 aromatic carbocycles. The van der Waals surface area contributed by atoms with Crippen LogP contribution in [-0.4, -0.2) is 48.3 Å². The molecule has 1 fully saturated rings. The molecule has 0 amide bonds. The number of aromatic nitrogens is 2. The van der Waals surface area contributed by atoms with Gasteiger partial charge in [-0.05, 0) is 39.5 Å². The third kappa shape index (κ3) is 3.19. The summed E-state index contributed by atoms with van der Waals surface area (Å²) in [6, 6.07) is 6.57. The van der Waals surface area contributed by atoms with E-state index in [2.05, 4.69) is 74.9 Å². The molecule has 138 valence electrons. The summed E-state index contributed by atoms with van der Waals surface area (Å²) in [4.78, 5) is 11.7. The van der Waals surface area contributed by atoms with E-state index in [4.69, 9.17) is 9.72 Å². The zero-order valence-electron chi connectivity index (χ0n) is 15.4. The maximum Gasteiger partial charge on any atom is 0.227 e. The van der Waals surface area contributed by atoms with Crippen molar-refractivity contribution < 1.29 is 4.74 Å². The number of morpholine rings is 1. The lowest BCUT2D eigenvalue weighted by Gasteiger charge is -2.29. The van der Waals surface area contributed by atoms with Crippen molar-refractivity contribution in [2.45, 2.75) is 26.3 Å². The maximum atomic E-state index is 5.45. The van der Waals surface area contributed by atoms with E-state index in [0.717, 1.165) is 60.3 Å². The van der Waals surface area contributed by atoms with Crippen LogP contribution < -0.4 is 9.91 Å². The Morgan fingerprint density at radius 2 is 1.96 bits per heavy atom. The summed E-state index contributed by atoms with van der Waals surface area (Å²) in [5.74, 6) is 2.24. The van der Waals surface area contributed by atoms with Gasteiger partial charge in [-0.15, -0.1) is 0 Å². The molecule has 26 heavy (non-hydrogen) atoms. The van der Waals surface area contributed by atoms with Gasteiger partial charge in [-0.3, -0.25) is 5.01 Å². The van der Waals surface area contributed by atoms with E-state index < -0.39 is 0 Å². The summed E-state index contributed by atoms with van der Waals surface area (Å²) in [5, 5.41) is 4.35. The average Bonchev–Trinajstić information content (AvgIpc) is 2.97. The van der Waals surface area contributed by atoms with E-state index in [9.17, 15) is 0 Å². The number of benzene rings is 1. The number of anilines is 3. The first-order valence-corrected chi connectivity index (χ1v) is 9.83. The van der Waals surface area contributed by atoms with E-state index in [-0.39, 0.29) is 0 Å². The molecule has 3 heterocycles. The maximum absolute atomic E-state index is 5.45. The fourth-order valence-electron chi connectivity index (χ4n) is 3.43. The molecule has 0 atom stereocenters. The third-order valence-corrected chi connectivity index (χ3v) is 5.57. The number of ether oxygens (including phenoxy) is 1. The van der Waals surface area contributed by atoms with Crippen LogP contribution in [0.1, 0.15) is 30.9 Å². The highest BCUT2D eigenvalue weighted by atomic mass is 79.9. The molecule has 0 saturated carbocycles. The second-order valence-corrected chi connectivity index (χ2v) is 7.97. The Morgan fingerprint density at radius 3 is 2.65 bits per heavy atom. The molecule has 6 nitrogen and oxygen atoms in total. The van der Waals surface area contributed by atoms with Gasteiger partial charge in [0.15, 0.2) is 5.82 Å². The first-order valence-electron chi connectivity index (χ1n) is 9.04. The number of hydrazine groups is 1. The Balaban J connectivity index is 1.71. The third-order valence-electron chi connectivity index (χ3n) is 4.93. The Morgan fingerprint density at radius 1 is 1.19 bits per heavy atom. The van der Waals surface area contributed by atoms with Gasteiger partial charge in [0.05, 0.1) is 18.9 Å². The number of hydrogen-bond acceptors (Lipinski definition) is 6.